The fourth-order valence-electron chi connectivity index (χ4n) is 2.31. The average Bonchev–Trinajstić information content (AvgIpc) is 2.79. The molecule has 0 aliphatic carbocycles. The first-order valence-electron chi connectivity index (χ1n) is 7.31. The first-order chi connectivity index (χ1) is 10.1. The van der Waals surface area contributed by atoms with E-state index in [0.29, 0.717) is 19.3 Å². The smallest absolute Gasteiger partial charge is 0.0698 e. The van der Waals surface area contributed by atoms with Gasteiger partial charge in [0.05, 0.1) is 19.8 Å². The summed E-state index contributed by atoms with van der Waals surface area (Å²) in [5.41, 5.74) is 2.38. The first-order valence-corrected chi connectivity index (χ1v) is 7.69. The molecule has 0 aliphatic heterocycles. The van der Waals surface area contributed by atoms with Crippen LogP contribution in [-0.4, -0.2) is 35.5 Å². The van der Waals surface area contributed by atoms with Crippen LogP contribution in [0.15, 0.2) is 24.4 Å². The van der Waals surface area contributed by atoms with E-state index >= 15 is 0 Å². The molecule has 0 bridgehead atoms. The molecule has 5 heteroatoms. The topological polar surface area (TPSA) is 46.4 Å². The fraction of sp³-hybridized carbons (Fsp3) is 0.500. The van der Waals surface area contributed by atoms with Crippen LogP contribution in [0.5, 0.6) is 0 Å². The molecule has 0 spiro atoms. The number of nitrogens with one attached hydrogen (secondary N) is 1. The minimum Gasteiger partial charge on any atom is -0.394 e. The maximum Gasteiger partial charge on any atom is 0.0698 e. The van der Waals surface area contributed by atoms with Gasteiger partial charge in [0.25, 0.3) is 0 Å². The number of hydrogen-bond donors (Lipinski definition) is 2. The molecule has 0 radical (unpaired) electrons. The van der Waals surface area contributed by atoms with Crippen molar-refractivity contribution in [2.45, 2.75) is 33.0 Å². The number of ether oxygens (including phenoxy) is 1. The zero-order valence-corrected chi connectivity index (χ0v) is 13.4. The van der Waals surface area contributed by atoms with Crippen LogP contribution in [0, 0.1) is 0 Å². The Balaban J connectivity index is 2.20. The maximum absolute atomic E-state index is 8.74. The van der Waals surface area contributed by atoms with Crippen LogP contribution in [0.3, 0.4) is 0 Å². The maximum atomic E-state index is 8.74. The lowest BCUT2D eigenvalue weighted by molar-refractivity contribution is 0.0875. The number of benzene rings is 1. The molecule has 21 heavy (non-hydrogen) atoms. The molecular formula is C16H23ClN2O2. The predicted molar refractivity (Wildman–Crippen MR) is 86.8 cm³/mol. The van der Waals surface area contributed by atoms with E-state index in [2.05, 4.69) is 36.0 Å². The molecule has 116 valence electrons. The van der Waals surface area contributed by atoms with Crippen molar-refractivity contribution in [3.05, 3.63) is 35.0 Å². The van der Waals surface area contributed by atoms with Gasteiger partial charge in [0.2, 0.25) is 0 Å². The lowest BCUT2D eigenvalue weighted by Crippen LogP contribution is -2.21. The number of fused-ring (bicyclic) bond motifs is 1. The number of aliphatic hydroxyl groups is 1. The van der Waals surface area contributed by atoms with E-state index in [9.17, 15) is 0 Å². The van der Waals surface area contributed by atoms with Gasteiger partial charge in [-0.1, -0.05) is 31.5 Å². The van der Waals surface area contributed by atoms with Gasteiger partial charge in [-0.2, -0.15) is 0 Å². The van der Waals surface area contributed by atoms with Crippen molar-refractivity contribution in [3.63, 3.8) is 0 Å². The van der Waals surface area contributed by atoms with Gasteiger partial charge in [0, 0.05) is 41.3 Å². The summed E-state index contributed by atoms with van der Waals surface area (Å²) in [5.74, 6) is 0. The van der Waals surface area contributed by atoms with Crippen LogP contribution in [0.2, 0.25) is 5.02 Å². The second kappa shape index (κ2) is 7.80. The summed E-state index contributed by atoms with van der Waals surface area (Å²) < 4.78 is 7.52. The van der Waals surface area contributed by atoms with Crippen molar-refractivity contribution in [2.75, 3.05) is 19.8 Å². The van der Waals surface area contributed by atoms with Crippen LogP contribution < -0.4 is 5.32 Å². The Kier molecular flexibility index (Phi) is 6.06. The third kappa shape index (κ3) is 4.45. The van der Waals surface area contributed by atoms with Gasteiger partial charge < -0.3 is 19.7 Å². The summed E-state index contributed by atoms with van der Waals surface area (Å²) in [7, 11) is 0. The molecule has 0 fully saturated rings. The fourth-order valence-corrected chi connectivity index (χ4v) is 2.48. The highest BCUT2D eigenvalue weighted by Gasteiger charge is 2.09. The minimum absolute atomic E-state index is 0.0574. The van der Waals surface area contributed by atoms with E-state index in [1.165, 1.54) is 10.9 Å². The third-order valence-electron chi connectivity index (χ3n) is 3.34. The van der Waals surface area contributed by atoms with E-state index in [4.69, 9.17) is 21.4 Å². The first kappa shape index (κ1) is 16.3. The molecule has 2 aromatic rings. The number of halogens is 1. The zero-order valence-electron chi connectivity index (χ0n) is 12.6. The molecule has 2 rings (SSSR count). The molecule has 1 aromatic carbocycles. The van der Waals surface area contributed by atoms with Crippen molar-refractivity contribution in [1.29, 1.82) is 0 Å². The van der Waals surface area contributed by atoms with E-state index in [0.717, 1.165) is 23.6 Å². The monoisotopic (exact) mass is 310 g/mol. The number of hydrogen-bond acceptors (Lipinski definition) is 3. The Labute approximate surface area is 130 Å². The normalized spacial score (nSPS) is 11.7. The molecule has 0 atom stereocenters. The standard InChI is InChI=1S/C16H23ClN2O2/c1-12(2)18-10-13-11-19(5-7-21-8-6-20)16-9-14(17)3-4-15(13)16/h3-4,9,11-12,18,20H,5-8,10H2,1-2H3. The predicted octanol–water partition coefficient (Wildman–Crippen LogP) is 2.80. The SMILES string of the molecule is CC(C)NCc1cn(CCOCCO)c2cc(Cl)ccc12. The second-order valence-corrected chi connectivity index (χ2v) is 5.82. The van der Waals surface area contributed by atoms with Gasteiger partial charge in [-0.15, -0.1) is 0 Å². The largest absolute Gasteiger partial charge is 0.394 e. The highest BCUT2D eigenvalue weighted by Crippen LogP contribution is 2.25. The van der Waals surface area contributed by atoms with Crippen LogP contribution in [0.25, 0.3) is 10.9 Å². The quantitative estimate of drug-likeness (QED) is 0.737. The molecule has 0 amide bonds. The summed E-state index contributed by atoms with van der Waals surface area (Å²) in [5, 5.41) is 14.1. The van der Waals surface area contributed by atoms with Crippen molar-refractivity contribution in [2.24, 2.45) is 0 Å². The van der Waals surface area contributed by atoms with Gasteiger partial charge >= 0.3 is 0 Å². The average molecular weight is 311 g/mol. The van der Waals surface area contributed by atoms with Crippen molar-refractivity contribution < 1.29 is 9.84 Å². The van der Waals surface area contributed by atoms with E-state index in [1.54, 1.807) is 0 Å². The molecule has 0 saturated carbocycles. The van der Waals surface area contributed by atoms with Crippen LogP contribution >= 0.6 is 11.6 Å². The van der Waals surface area contributed by atoms with Gasteiger partial charge in [0.1, 0.15) is 0 Å². The Hall–Kier alpha value is -1.07. The number of aromatic nitrogens is 1. The summed E-state index contributed by atoms with van der Waals surface area (Å²) in [6.45, 7) is 6.87. The molecule has 2 N–H and O–H groups in total. The summed E-state index contributed by atoms with van der Waals surface area (Å²) in [6, 6.07) is 6.43. The number of aliphatic hydroxyl groups excluding tert-OH is 1. The number of nitrogens with zero attached hydrogens (tertiary/aromatic N) is 1. The molecule has 4 nitrogen and oxygen atoms in total. The molecule has 0 saturated heterocycles. The number of rotatable bonds is 8. The van der Waals surface area contributed by atoms with Gasteiger partial charge in [0.15, 0.2) is 0 Å². The van der Waals surface area contributed by atoms with Crippen molar-refractivity contribution >= 4 is 22.5 Å². The highest BCUT2D eigenvalue weighted by atomic mass is 35.5. The summed E-state index contributed by atoms with van der Waals surface area (Å²) in [4.78, 5) is 0. The Bertz CT molecular complexity index is 581. The lowest BCUT2D eigenvalue weighted by Gasteiger charge is -2.06. The van der Waals surface area contributed by atoms with Crippen LogP contribution in [0.1, 0.15) is 19.4 Å². The van der Waals surface area contributed by atoms with E-state index in [1.807, 2.05) is 12.1 Å². The van der Waals surface area contributed by atoms with Crippen LogP contribution in [-0.2, 0) is 17.8 Å². The Morgan fingerprint density at radius 2 is 2.14 bits per heavy atom. The van der Waals surface area contributed by atoms with E-state index in [-0.39, 0.29) is 6.61 Å². The van der Waals surface area contributed by atoms with Crippen molar-refractivity contribution in [1.82, 2.24) is 9.88 Å². The molecule has 1 aromatic heterocycles. The molecule has 0 aliphatic rings. The van der Waals surface area contributed by atoms with Gasteiger partial charge in [-0.3, -0.25) is 0 Å². The Morgan fingerprint density at radius 1 is 1.33 bits per heavy atom. The lowest BCUT2D eigenvalue weighted by atomic mass is 10.1. The molecular weight excluding hydrogens is 288 g/mol. The Morgan fingerprint density at radius 3 is 2.86 bits per heavy atom. The van der Waals surface area contributed by atoms with Crippen molar-refractivity contribution in [3.8, 4) is 0 Å². The summed E-state index contributed by atoms with van der Waals surface area (Å²) in [6.07, 6.45) is 2.15. The third-order valence-corrected chi connectivity index (χ3v) is 3.57. The van der Waals surface area contributed by atoms with Gasteiger partial charge in [-0.05, 0) is 17.7 Å². The zero-order chi connectivity index (χ0) is 15.2. The van der Waals surface area contributed by atoms with Gasteiger partial charge in [-0.25, -0.2) is 0 Å². The van der Waals surface area contributed by atoms with Crippen LogP contribution in [0.4, 0.5) is 0 Å². The minimum atomic E-state index is 0.0574. The van der Waals surface area contributed by atoms with E-state index < -0.39 is 0 Å². The summed E-state index contributed by atoms with van der Waals surface area (Å²) >= 11 is 6.12. The molecule has 1 heterocycles. The highest BCUT2D eigenvalue weighted by molar-refractivity contribution is 6.31. The second-order valence-electron chi connectivity index (χ2n) is 5.38. The molecule has 0 unspecified atom stereocenters.